The highest BCUT2D eigenvalue weighted by Gasteiger charge is 2.53. The molecule has 6 nitrogen and oxygen atoms in total. The lowest BCUT2D eigenvalue weighted by Gasteiger charge is -2.36. The number of rotatable bonds is 6. The number of aliphatic hydroxyl groups is 1. The van der Waals surface area contributed by atoms with Gasteiger partial charge in [0.25, 0.3) is 0 Å². The number of nitrogens with two attached hydrogens (primary N) is 1. The SMILES string of the molecule is CC1(C)C[C@H]2CN(C(=O)[C@@H](C(=O)BOCN)C(C)(C)C)[C@H](CO)[C@H]2C1. The number of amides is 1. The molecule has 0 aromatic heterocycles. The van der Waals surface area contributed by atoms with Gasteiger partial charge in [0.05, 0.1) is 25.3 Å². The van der Waals surface area contributed by atoms with Crippen molar-refractivity contribution in [3.05, 3.63) is 0 Å². The Labute approximate surface area is 151 Å². The van der Waals surface area contributed by atoms with Gasteiger partial charge in [-0.1, -0.05) is 34.6 Å². The molecule has 1 saturated heterocycles. The highest BCUT2D eigenvalue weighted by molar-refractivity contribution is 6.70. The molecule has 1 aliphatic heterocycles. The van der Waals surface area contributed by atoms with E-state index in [-0.39, 0.29) is 43.9 Å². The number of hydrogen-bond donors (Lipinski definition) is 2. The summed E-state index contributed by atoms with van der Waals surface area (Å²) in [5.41, 5.74) is 4.82. The number of likely N-dealkylation sites (tertiary alicyclic amines) is 1. The van der Waals surface area contributed by atoms with Gasteiger partial charge in [-0.15, -0.1) is 0 Å². The van der Waals surface area contributed by atoms with Crippen LogP contribution in [-0.2, 0) is 14.2 Å². The van der Waals surface area contributed by atoms with E-state index in [4.69, 9.17) is 10.4 Å². The standard InChI is InChI=1S/C18H33BN2O4/c1-17(2,3)14(15(23)19-25-10-20)16(24)21-8-11-6-18(4,5)7-12(11)13(21)9-22/h11-14,19,22H,6-10,20H2,1-5H3/t11-,12-,13+,14+/m0/s1. The fourth-order valence-corrected chi connectivity index (χ4v) is 4.91. The maximum absolute atomic E-state index is 13.3. The Morgan fingerprint density at radius 1 is 1.36 bits per heavy atom. The Morgan fingerprint density at radius 3 is 2.52 bits per heavy atom. The lowest BCUT2D eigenvalue weighted by Crippen LogP contribution is -2.50. The van der Waals surface area contributed by atoms with Gasteiger partial charge in [-0.05, 0) is 35.5 Å². The van der Waals surface area contributed by atoms with Crippen LogP contribution in [0.3, 0.4) is 0 Å². The molecule has 3 N–H and O–H groups in total. The summed E-state index contributed by atoms with van der Waals surface area (Å²) in [5.74, 6) is -0.226. The van der Waals surface area contributed by atoms with Crippen LogP contribution in [0.5, 0.6) is 0 Å². The van der Waals surface area contributed by atoms with Gasteiger partial charge in [0.1, 0.15) is 5.68 Å². The Balaban J connectivity index is 2.20. The minimum atomic E-state index is -0.778. The minimum Gasteiger partial charge on any atom is -0.419 e. The molecular weight excluding hydrogens is 319 g/mol. The van der Waals surface area contributed by atoms with Crippen LogP contribution < -0.4 is 5.73 Å². The first kappa shape index (κ1) is 20.4. The number of nitrogens with zero attached hydrogens (tertiary/aromatic N) is 1. The topological polar surface area (TPSA) is 92.9 Å². The molecule has 0 radical (unpaired) electrons. The molecule has 0 spiro atoms. The molecule has 2 rings (SSSR count). The van der Waals surface area contributed by atoms with E-state index < -0.39 is 11.3 Å². The van der Waals surface area contributed by atoms with E-state index in [1.807, 2.05) is 20.8 Å². The molecule has 1 saturated carbocycles. The summed E-state index contributed by atoms with van der Waals surface area (Å²) in [5, 5.41) is 9.95. The summed E-state index contributed by atoms with van der Waals surface area (Å²) in [6.45, 7) is 10.7. The summed E-state index contributed by atoms with van der Waals surface area (Å²) >= 11 is 0. The number of aliphatic hydroxyl groups excluding tert-OH is 1. The molecule has 7 heteroatoms. The van der Waals surface area contributed by atoms with Crippen LogP contribution >= 0.6 is 0 Å². The van der Waals surface area contributed by atoms with Crippen LogP contribution in [0.25, 0.3) is 0 Å². The first-order valence-electron chi connectivity index (χ1n) is 9.23. The normalized spacial score (nSPS) is 29.4. The summed E-state index contributed by atoms with van der Waals surface area (Å²) < 4.78 is 5.05. The monoisotopic (exact) mass is 352 g/mol. The molecule has 1 amide bonds. The van der Waals surface area contributed by atoms with E-state index >= 15 is 0 Å². The zero-order valence-electron chi connectivity index (χ0n) is 16.2. The summed E-state index contributed by atoms with van der Waals surface area (Å²) in [6, 6.07) is -0.188. The van der Waals surface area contributed by atoms with Crippen molar-refractivity contribution in [3.8, 4) is 0 Å². The Morgan fingerprint density at radius 2 is 2.00 bits per heavy atom. The van der Waals surface area contributed by atoms with Gasteiger partial charge in [-0.2, -0.15) is 0 Å². The highest BCUT2D eigenvalue weighted by atomic mass is 16.4. The number of fused-ring (bicyclic) bond motifs is 1. The van der Waals surface area contributed by atoms with Crippen molar-refractivity contribution in [3.63, 3.8) is 0 Å². The molecule has 0 bridgehead atoms. The van der Waals surface area contributed by atoms with Gasteiger partial charge in [-0.3, -0.25) is 4.79 Å². The van der Waals surface area contributed by atoms with Crippen molar-refractivity contribution >= 4 is 19.1 Å². The minimum absolute atomic E-state index is 0.0427. The van der Waals surface area contributed by atoms with Crippen LogP contribution in [0.15, 0.2) is 0 Å². The second kappa shape index (κ2) is 7.37. The maximum Gasteiger partial charge on any atom is 0.353 e. The van der Waals surface area contributed by atoms with Crippen LogP contribution in [0.4, 0.5) is 0 Å². The summed E-state index contributed by atoms with van der Waals surface area (Å²) in [6.07, 6.45) is 2.07. The van der Waals surface area contributed by atoms with Crippen LogP contribution in [0.1, 0.15) is 47.5 Å². The Hall–Kier alpha value is -0.915. The number of hydrogen-bond acceptors (Lipinski definition) is 5. The highest BCUT2D eigenvalue weighted by Crippen LogP contribution is 2.51. The third-order valence-corrected chi connectivity index (χ3v) is 5.80. The molecule has 2 fully saturated rings. The fourth-order valence-electron chi connectivity index (χ4n) is 4.91. The zero-order valence-corrected chi connectivity index (χ0v) is 16.2. The van der Waals surface area contributed by atoms with Gasteiger partial charge in [0.15, 0.2) is 0 Å². The molecule has 0 unspecified atom stereocenters. The third kappa shape index (κ3) is 4.26. The van der Waals surface area contributed by atoms with Gasteiger partial charge in [0.2, 0.25) is 5.91 Å². The van der Waals surface area contributed by atoms with E-state index in [1.165, 1.54) is 0 Å². The summed E-state index contributed by atoms with van der Waals surface area (Å²) in [7, 11) is -0.151. The smallest absolute Gasteiger partial charge is 0.353 e. The molecule has 1 aliphatic carbocycles. The van der Waals surface area contributed by atoms with Crippen molar-refractivity contribution in [2.75, 3.05) is 19.9 Å². The van der Waals surface area contributed by atoms with Gasteiger partial charge < -0.3 is 25.2 Å². The predicted molar refractivity (Wildman–Crippen MR) is 97.8 cm³/mol. The molecule has 2 aliphatic rings. The van der Waals surface area contributed by atoms with Crippen LogP contribution in [-0.4, -0.2) is 55.0 Å². The van der Waals surface area contributed by atoms with Crippen molar-refractivity contribution in [1.82, 2.24) is 4.90 Å². The van der Waals surface area contributed by atoms with Crippen LogP contribution in [0.2, 0.25) is 0 Å². The van der Waals surface area contributed by atoms with E-state index in [1.54, 1.807) is 4.90 Å². The molecular formula is C18H33BN2O4. The van der Waals surface area contributed by atoms with Crippen molar-refractivity contribution in [2.45, 2.75) is 53.5 Å². The second-order valence-corrected chi connectivity index (χ2v) is 9.52. The number of carbonyl (C=O) groups is 2. The lowest BCUT2D eigenvalue weighted by atomic mass is 9.69. The largest absolute Gasteiger partial charge is 0.419 e. The van der Waals surface area contributed by atoms with Gasteiger partial charge in [0, 0.05) is 6.54 Å². The van der Waals surface area contributed by atoms with E-state index in [2.05, 4.69) is 13.8 Å². The van der Waals surface area contributed by atoms with Gasteiger partial charge in [-0.25, -0.2) is 0 Å². The first-order valence-corrected chi connectivity index (χ1v) is 9.23. The first-order chi connectivity index (χ1) is 11.5. The molecule has 1 heterocycles. The zero-order chi connectivity index (χ0) is 19.0. The van der Waals surface area contributed by atoms with E-state index in [0.29, 0.717) is 18.4 Å². The van der Waals surface area contributed by atoms with Crippen molar-refractivity contribution in [2.24, 2.45) is 34.3 Å². The molecule has 0 aromatic carbocycles. The summed E-state index contributed by atoms with van der Waals surface area (Å²) in [4.78, 5) is 27.6. The maximum atomic E-state index is 13.3. The quantitative estimate of drug-likeness (QED) is 0.417. The third-order valence-electron chi connectivity index (χ3n) is 5.80. The molecule has 4 atom stereocenters. The number of carbonyl (C=O) groups excluding carboxylic acids is 2. The predicted octanol–water partition coefficient (Wildman–Crippen LogP) is 0.715. The van der Waals surface area contributed by atoms with E-state index in [0.717, 1.165) is 12.8 Å². The molecule has 0 aromatic rings. The molecule has 142 valence electrons. The Kier molecular flexibility index (Phi) is 6.01. The molecule has 25 heavy (non-hydrogen) atoms. The average Bonchev–Trinajstić information content (AvgIpc) is 2.94. The van der Waals surface area contributed by atoms with Crippen molar-refractivity contribution < 1.29 is 19.3 Å². The Bertz CT molecular complexity index is 518. The van der Waals surface area contributed by atoms with Gasteiger partial charge >= 0.3 is 7.48 Å². The fraction of sp³-hybridized carbons (Fsp3) is 0.889. The van der Waals surface area contributed by atoms with E-state index in [9.17, 15) is 14.7 Å². The van der Waals surface area contributed by atoms with Crippen LogP contribution in [0, 0.1) is 28.6 Å². The lowest BCUT2D eigenvalue weighted by molar-refractivity contribution is -0.145. The second-order valence-electron chi connectivity index (χ2n) is 9.52. The average molecular weight is 352 g/mol. The van der Waals surface area contributed by atoms with Crippen molar-refractivity contribution in [1.29, 1.82) is 0 Å².